The number of aromatic carboxylic acids is 1. The highest BCUT2D eigenvalue weighted by atomic mass is 16.4. The second kappa shape index (κ2) is 5.55. The highest BCUT2D eigenvalue weighted by Crippen LogP contribution is 2.07. The van der Waals surface area contributed by atoms with Gasteiger partial charge in [0.1, 0.15) is 6.26 Å². The molecule has 0 radical (unpaired) electrons. The molecule has 0 unspecified atom stereocenters. The van der Waals surface area contributed by atoms with Crippen molar-refractivity contribution in [2.24, 2.45) is 0 Å². The van der Waals surface area contributed by atoms with Crippen LogP contribution < -0.4 is 10.6 Å². The quantitative estimate of drug-likeness (QED) is 0.741. The summed E-state index contributed by atoms with van der Waals surface area (Å²) in [5, 5.41) is 13.7. The van der Waals surface area contributed by atoms with Crippen molar-refractivity contribution in [3.63, 3.8) is 0 Å². The van der Waals surface area contributed by atoms with Crippen molar-refractivity contribution in [1.29, 1.82) is 0 Å². The molecule has 1 aromatic rings. The summed E-state index contributed by atoms with van der Waals surface area (Å²) in [5.74, 6) is -2.32. The maximum Gasteiger partial charge on any atom is 0.338 e. The largest absolute Gasteiger partial charge is 0.478 e. The zero-order chi connectivity index (χ0) is 14.6. The van der Waals surface area contributed by atoms with E-state index in [1.807, 2.05) is 20.8 Å². The summed E-state index contributed by atoms with van der Waals surface area (Å²) in [6.07, 6.45) is 0.965. The molecule has 0 fully saturated rings. The van der Waals surface area contributed by atoms with Gasteiger partial charge in [0.15, 0.2) is 5.76 Å². The molecule has 0 bridgehead atoms. The standard InChI is InChI=1S/C12H16N2O5/c1-12(2,3)14-9(15)5-13-10(16)8-4-7(6-19-8)11(17)18/h4,6H,5H2,1-3H3,(H,13,16)(H,14,15)(H,17,18). The van der Waals surface area contributed by atoms with Crippen molar-refractivity contribution in [2.45, 2.75) is 26.3 Å². The predicted octanol–water partition coefficient (Wildman–Crippen LogP) is 0.622. The number of amides is 2. The van der Waals surface area contributed by atoms with Crippen LogP contribution in [0.25, 0.3) is 0 Å². The fourth-order valence-corrected chi connectivity index (χ4v) is 1.28. The van der Waals surface area contributed by atoms with Crippen molar-refractivity contribution < 1.29 is 23.9 Å². The van der Waals surface area contributed by atoms with Crippen molar-refractivity contribution in [1.82, 2.24) is 10.6 Å². The molecule has 0 saturated heterocycles. The van der Waals surface area contributed by atoms with E-state index < -0.39 is 11.9 Å². The molecule has 7 nitrogen and oxygen atoms in total. The van der Waals surface area contributed by atoms with E-state index in [2.05, 4.69) is 10.6 Å². The summed E-state index contributed by atoms with van der Waals surface area (Å²) < 4.78 is 4.80. The first-order valence-corrected chi connectivity index (χ1v) is 5.60. The van der Waals surface area contributed by atoms with Crippen LogP contribution in [0.15, 0.2) is 16.7 Å². The Morgan fingerprint density at radius 1 is 1.32 bits per heavy atom. The molecule has 0 aliphatic rings. The summed E-state index contributed by atoms with van der Waals surface area (Å²) in [4.78, 5) is 33.6. The molecule has 0 aliphatic carbocycles. The van der Waals surface area contributed by atoms with Gasteiger partial charge in [-0.25, -0.2) is 4.79 Å². The van der Waals surface area contributed by atoms with Crippen LogP contribution in [0, 0.1) is 0 Å². The second-order valence-electron chi connectivity index (χ2n) is 4.99. The third-order valence-corrected chi connectivity index (χ3v) is 1.99. The topological polar surface area (TPSA) is 109 Å². The smallest absolute Gasteiger partial charge is 0.338 e. The molecule has 1 heterocycles. The van der Waals surface area contributed by atoms with Gasteiger partial charge >= 0.3 is 5.97 Å². The molecule has 104 valence electrons. The first kappa shape index (κ1) is 14.7. The normalized spacial score (nSPS) is 10.9. The average Bonchev–Trinajstić information content (AvgIpc) is 2.72. The molecule has 0 saturated carbocycles. The van der Waals surface area contributed by atoms with E-state index in [-0.39, 0.29) is 29.3 Å². The third kappa shape index (κ3) is 4.82. The molecule has 1 rings (SSSR count). The van der Waals surface area contributed by atoms with Crippen molar-refractivity contribution in [2.75, 3.05) is 6.54 Å². The van der Waals surface area contributed by atoms with Crippen LogP contribution in [0.4, 0.5) is 0 Å². The summed E-state index contributed by atoms with van der Waals surface area (Å²) in [6, 6.07) is 1.10. The lowest BCUT2D eigenvalue weighted by atomic mass is 10.1. The Morgan fingerprint density at radius 3 is 2.42 bits per heavy atom. The number of furan rings is 1. The fraction of sp³-hybridized carbons (Fsp3) is 0.417. The lowest BCUT2D eigenvalue weighted by Crippen LogP contribution is -2.45. The van der Waals surface area contributed by atoms with Gasteiger partial charge in [0.05, 0.1) is 12.1 Å². The highest BCUT2D eigenvalue weighted by Gasteiger charge is 2.17. The number of carboxylic acid groups (broad SMARTS) is 1. The maximum atomic E-state index is 11.6. The van der Waals surface area contributed by atoms with Gasteiger partial charge in [-0.2, -0.15) is 0 Å². The molecule has 2 amide bonds. The molecule has 0 atom stereocenters. The van der Waals surface area contributed by atoms with Crippen molar-refractivity contribution in [3.05, 3.63) is 23.7 Å². The van der Waals surface area contributed by atoms with Gasteiger partial charge < -0.3 is 20.2 Å². The summed E-state index contributed by atoms with van der Waals surface area (Å²) in [6.45, 7) is 5.24. The Bertz CT molecular complexity index is 498. The molecule has 0 spiro atoms. The van der Waals surface area contributed by atoms with E-state index >= 15 is 0 Å². The van der Waals surface area contributed by atoms with E-state index in [0.29, 0.717) is 0 Å². The first-order valence-electron chi connectivity index (χ1n) is 5.60. The number of hydrogen-bond acceptors (Lipinski definition) is 4. The molecule has 3 N–H and O–H groups in total. The van der Waals surface area contributed by atoms with Crippen LogP contribution in [-0.4, -0.2) is 35.0 Å². The number of hydrogen-bond donors (Lipinski definition) is 3. The van der Waals surface area contributed by atoms with E-state index in [0.717, 1.165) is 12.3 Å². The zero-order valence-corrected chi connectivity index (χ0v) is 10.9. The van der Waals surface area contributed by atoms with E-state index in [9.17, 15) is 14.4 Å². The van der Waals surface area contributed by atoms with Crippen LogP contribution in [-0.2, 0) is 4.79 Å². The molecular formula is C12H16N2O5. The lowest BCUT2D eigenvalue weighted by Gasteiger charge is -2.20. The SMILES string of the molecule is CC(C)(C)NC(=O)CNC(=O)c1cc(C(=O)O)co1. The van der Waals surface area contributed by atoms with Crippen LogP contribution >= 0.6 is 0 Å². The Labute approximate surface area is 110 Å². The van der Waals surface area contributed by atoms with Gasteiger partial charge in [-0.3, -0.25) is 9.59 Å². The monoisotopic (exact) mass is 268 g/mol. The lowest BCUT2D eigenvalue weighted by molar-refractivity contribution is -0.121. The highest BCUT2D eigenvalue weighted by molar-refractivity contribution is 5.97. The van der Waals surface area contributed by atoms with Gasteiger partial charge in [-0.15, -0.1) is 0 Å². The zero-order valence-electron chi connectivity index (χ0n) is 10.9. The number of rotatable bonds is 4. The molecular weight excluding hydrogens is 252 g/mol. The molecule has 0 aliphatic heterocycles. The fourth-order valence-electron chi connectivity index (χ4n) is 1.28. The Morgan fingerprint density at radius 2 is 1.95 bits per heavy atom. The van der Waals surface area contributed by atoms with E-state index in [4.69, 9.17) is 9.52 Å². The van der Waals surface area contributed by atoms with Crippen LogP contribution in [0.1, 0.15) is 41.7 Å². The minimum absolute atomic E-state index is 0.121. The van der Waals surface area contributed by atoms with Gasteiger partial charge in [0.25, 0.3) is 5.91 Å². The van der Waals surface area contributed by atoms with Crippen LogP contribution in [0.5, 0.6) is 0 Å². The summed E-state index contributed by atoms with van der Waals surface area (Å²) in [7, 11) is 0. The maximum absolute atomic E-state index is 11.6. The number of nitrogens with one attached hydrogen (secondary N) is 2. The number of carboxylic acids is 1. The molecule has 0 aromatic carbocycles. The summed E-state index contributed by atoms with van der Waals surface area (Å²) in [5.41, 5.74) is -0.507. The third-order valence-electron chi connectivity index (χ3n) is 1.99. The van der Waals surface area contributed by atoms with Crippen LogP contribution in [0.2, 0.25) is 0 Å². The van der Waals surface area contributed by atoms with Crippen LogP contribution in [0.3, 0.4) is 0 Å². The van der Waals surface area contributed by atoms with Crippen molar-refractivity contribution >= 4 is 17.8 Å². The molecule has 7 heteroatoms. The van der Waals surface area contributed by atoms with Gasteiger partial charge in [0.2, 0.25) is 5.91 Å². The number of carbonyl (C=O) groups excluding carboxylic acids is 2. The molecule has 19 heavy (non-hydrogen) atoms. The Kier molecular flexibility index (Phi) is 4.31. The minimum Gasteiger partial charge on any atom is -0.478 e. The van der Waals surface area contributed by atoms with Gasteiger partial charge in [0, 0.05) is 11.6 Å². The molecule has 1 aromatic heterocycles. The van der Waals surface area contributed by atoms with E-state index in [1.165, 1.54) is 0 Å². The first-order chi connectivity index (χ1) is 8.69. The van der Waals surface area contributed by atoms with Crippen molar-refractivity contribution in [3.8, 4) is 0 Å². The number of carbonyl (C=O) groups is 3. The van der Waals surface area contributed by atoms with Gasteiger partial charge in [-0.05, 0) is 20.8 Å². The van der Waals surface area contributed by atoms with Gasteiger partial charge in [-0.1, -0.05) is 0 Å². The van der Waals surface area contributed by atoms with E-state index in [1.54, 1.807) is 0 Å². The average molecular weight is 268 g/mol. The summed E-state index contributed by atoms with van der Waals surface area (Å²) >= 11 is 0. The Balaban J connectivity index is 2.51. The minimum atomic E-state index is -1.19. The Hall–Kier alpha value is -2.31. The predicted molar refractivity (Wildman–Crippen MR) is 65.9 cm³/mol. The second-order valence-corrected chi connectivity index (χ2v) is 4.99.